The molecule has 0 N–H and O–H groups in total. The predicted molar refractivity (Wildman–Crippen MR) is 155 cm³/mol. The molecule has 1 unspecified atom stereocenters. The number of fused-ring (bicyclic) bond motifs is 1. The summed E-state index contributed by atoms with van der Waals surface area (Å²) in [5.41, 5.74) is 12.8. The zero-order valence-electron chi connectivity index (χ0n) is 22.2. The van der Waals surface area contributed by atoms with E-state index in [0.29, 0.717) is 5.54 Å². The van der Waals surface area contributed by atoms with Gasteiger partial charge in [-0.2, -0.15) is 0 Å². The average Bonchev–Trinajstić information content (AvgIpc) is 3.09. The summed E-state index contributed by atoms with van der Waals surface area (Å²) in [4.78, 5) is 0. The zero-order chi connectivity index (χ0) is 24.9. The second-order valence-corrected chi connectivity index (χ2v) is 14.8. The third kappa shape index (κ3) is 4.02. The highest BCUT2D eigenvalue weighted by atomic mass is 28.3. The Kier molecular flexibility index (Phi) is 5.93. The van der Waals surface area contributed by atoms with Crippen LogP contribution < -0.4 is 15.6 Å². The third-order valence-corrected chi connectivity index (χ3v) is 12.8. The monoisotopic (exact) mass is 472 g/mol. The maximum Gasteiger partial charge on any atom is 0.159 e. The number of aryl methyl sites for hydroxylation is 6. The van der Waals surface area contributed by atoms with E-state index in [0.717, 1.165) is 0 Å². The lowest BCUT2D eigenvalue weighted by Gasteiger charge is -2.41. The zero-order valence-corrected chi connectivity index (χ0v) is 23.2. The molecule has 0 spiro atoms. The van der Waals surface area contributed by atoms with Crippen LogP contribution in [-0.4, -0.2) is 8.07 Å². The molecule has 4 aromatic rings. The molecule has 35 heavy (non-hydrogen) atoms. The smallest absolute Gasteiger partial charge is 0.0669 e. The second kappa shape index (κ2) is 8.81. The van der Waals surface area contributed by atoms with Crippen LogP contribution >= 0.6 is 0 Å². The van der Waals surface area contributed by atoms with Crippen LogP contribution in [0.15, 0.2) is 84.4 Å². The van der Waals surface area contributed by atoms with Crippen molar-refractivity contribution in [1.82, 2.24) is 0 Å². The quantitative estimate of drug-likeness (QED) is 0.228. The van der Waals surface area contributed by atoms with Gasteiger partial charge in [0.2, 0.25) is 0 Å². The summed E-state index contributed by atoms with van der Waals surface area (Å²) in [5.74, 6) is 0. The van der Waals surface area contributed by atoms with Crippen molar-refractivity contribution in [2.24, 2.45) is 0 Å². The van der Waals surface area contributed by atoms with Crippen molar-refractivity contribution < 1.29 is 0 Å². The van der Waals surface area contributed by atoms with Crippen molar-refractivity contribution >= 4 is 29.7 Å². The molecule has 0 aliphatic heterocycles. The Hall–Kier alpha value is -3.16. The summed E-state index contributed by atoms with van der Waals surface area (Å²) < 4.78 is 0. The molecule has 0 bridgehead atoms. The van der Waals surface area contributed by atoms with E-state index in [4.69, 9.17) is 0 Å². The van der Waals surface area contributed by atoms with Gasteiger partial charge in [-0.05, 0) is 75.2 Å². The van der Waals surface area contributed by atoms with Crippen molar-refractivity contribution in [3.8, 4) is 0 Å². The van der Waals surface area contributed by atoms with Crippen LogP contribution in [0.2, 0.25) is 0 Å². The molecule has 0 aromatic heterocycles. The molecular weight excluding hydrogens is 436 g/mol. The molecule has 176 valence electrons. The SMILES string of the molecule is CC1=Cc2ccccc2C1[Si](c1cc(C)cc(C)c1)(c1cc(C)cc(C)c1)c1cc(C)cc(C)c1. The largest absolute Gasteiger partial charge is 0.159 e. The van der Waals surface area contributed by atoms with E-state index in [-0.39, 0.29) is 0 Å². The highest BCUT2D eigenvalue weighted by molar-refractivity contribution is 7.12. The van der Waals surface area contributed by atoms with Crippen molar-refractivity contribution in [2.45, 2.75) is 54.0 Å². The lowest BCUT2D eigenvalue weighted by molar-refractivity contribution is 1.10. The lowest BCUT2D eigenvalue weighted by atomic mass is 10.1. The van der Waals surface area contributed by atoms with E-state index in [1.165, 1.54) is 65.6 Å². The molecule has 5 rings (SSSR count). The Balaban J connectivity index is 2.01. The first-order valence-corrected chi connectivity index (χ1v) is 14.8. The highest BCUT2D eigenvalue weighted by Gasteiger charge is 2.50. The molecule has 0 nitrogen and oxygen atoms in total. The van der Waals surface area contributed by atoms with E-state index in [1.807, 2.05) is 0 Å². The second-order valence-electron chi connectivity index (χ2n) is 10.9. The summed E-state index contributed by atoms with van der Waals surface area (Å²) in [7, 11) is -2.56. The molecule has 4 aromatic carbocycles. The topological polar surface area (TPSA) is 0 Å². The Bertz CT molecular complexity index is 1280. The summed E-state index contributed by atoms with van der Waals surface area (Å²) in [5, 5.41) is 4.54. The minimum Gasteiger partial charge on any atom is -0.0669 e. The summed E-state index contributed by atoms with van der Waals surface area (Å²) in [6.07, 6.45) is 2.44. The fraction of sp³-hybridized carbons (Fsp3) is 0.235. The van der Waals surface area contributed by atoms with Gasteiger partial charge >= 0.3 is 0 Å². The average molecular weight is 473 g/mol. The van der Waals surface area contributed by atoms with E-state index in [1.54, 1.807) is 0 Å². The number of allylic oxidation sites excluding steroid dienone is 1. The van der Waals surface area contributed by atoms with Gasteiger partial charge in [-0.25, -0.2) is 0 Å². The van der Waals surface area contributed by atoms with Crippen molar-refractivity contribution in [1.29, 1.82) is 0 Å². The molecule has 0 saturated heterocycles. The molecule has 0 heterocycles. The standard InChI is InChI=1S/C34H36Si/c1-22-12-23(2)16-30(15-22)35(31-17-24(3)13-25(4)18-31,32-19-26(5)14-27(6)20-32)34-28(7)21-29-10-8-9-11-33(29)34/h8-21,34H,1-7H3. The van der Waals surface area contributed by atoms with Crippen LogP contribution in [0.4, 0.5) is 0 Å². The van der Waals surface area contributed by atoms with Crippen LogP contribution in [0.5, 0.6) is 0 Å². The fourth-order valence-corrected chi connectivity index (χ4v) is 12.9. The Morgan fingerprint density at radius 2 is 0.857 bits per heavy atom. The van der Waals surface area contributed by atoms with Crippen molar-refractivity contribution in [3.63, 3.8) is 0 Å². The van der Waals surface area contributed by atoms with E-state index < -0.39 is 8.07 Å². The Labute approximate surface area is 212 Å². The number of benzene rings is 4. The van der Waals surface area contributed by atoms with Crippen molar-refractivity contribution in [3.05, 3.63) is 129 Å². The van der Waals surface area contributed by atoms with E-state index in [2.05, 4.69) is 133 Å². The Morgan fingerprint density at radius 1 is 0.486 bits per heavy atom. The van der Waals surface area contributed by atoms with Crippen molar-refractivity contribution in [2.75, 3.05) is 0 Å². The van der Waals surface area contributed by atoms with E-state index in [9.17, 15) is 0 Å². The van der Waals surface area contributed by atoms with Gasteiger partial charge in [0.25, 0.3) is 0 Å². The molecule has 1 aliphatic carbocycles. The lowest BCUT2D eigenvalue weighted by Crippen LogP contribution is -2.71. The van der Waals surface area contributed by atoms with Crippen LogP contribution in [-0.2, 0) is 0 Å². The molecule has 1 atom stereocenters. The van der Waals surface area contributed by atoms with Gasteiger partial charge in [0.05, 0.1) is 0 Å². The highest BCUT2D eigenvalue weighted by Crippen LogP contribution is 2.42. The van der Waals surface area contributed by atoms with Gasteiger partial charge < -0.3 is 0 Å². The minimum absolute atomic E-state index is 0.349. The van der Waals surface area contributed by atoms with Crippen LogP contribution in [0.3, 0.4) is 0 Å². The van der Waals surface area contributed by atoms with Crippen LogP contribution in [0.1, 0.15) is 57.0 Å². The molecule has 0 amide bonds. The van der Waals surface area contributed by atoms with Gasteiger partial charge in [-0.3, -0.25) is 0 Å². The number of hydrogen-bond acceptors (Lipinski definition) is 0. The first-order valence-electron chi connectivity index (χ1n) is 12.7. The first kappa shape index (κ1) is 23.6. The van der Waals surface area contributed by atoms with Gasteiger partial charge in [-0.15, -0.1) is 0 Å². The first-order chi connectivity index (χ1) is 16.7. The normalized spacial score (nSPS) is 15.2. The van der Waals surface area contributed by atoms with Gasteiger partial charge in [0.15, 0.2) is 8.07 Å². The minimum atomic E-state index is -2.56. The third-order valence-electron chi connectivity index (χ3n) is 7.61. The maximum atomic E-state index is 2.49. The van der Waals surface area contributed by atoms with Crippen LogP contribution in [0.25, 0.3) is 6.08 Å². The maximum absolute atomic E-state index is 2.56. The molecule has 0 radical (unpaired) electrons. The molecule has 0 fully saturated rings. The fourth-order valence-electron chi connectivity index (χ4n) is 6.66. The predicted octanol–water partition coefficient (Wildman–Crippen LogP) is 6.75. The number of hydrogen-bond donors (Lipinski definition) is 0. The van der Waals surface area contributed by atoms with Crippen LogP contribution in [0, 0.1) is 41.5 Å². The van der Waals surface area contributed by atoms with Gasteiger partial charge in [-0.1, -0.05) is 124 Å². The van der Waals surface area contributed by atoms with Gasteiger partial charge in [0, 0.05) is 5.54 Å². The molecular formula is C34H36Si. The summed E-state index contributed by atoms with van der Waals surface area (Å²) in [6.45, 7) is 15.9. The molecule has 1 heteroatoms. The van der Waals surface area contributed by atoms with Gasteiger partial charge in [0.1, 0.15) is 0 Å². The Morgan fingerprint density at radius 3 is 1.26 bits per heavy atom. The molecule has 0 saturated carbocycles. The number of rotatable bonds is 4. The summed E-state index contributed by atoms with van der Waals surface area (Å²) >= 11 is 0. The van der Waals surface area contributed by atoms with E-state index >= 15 is 0 Å². The molecule has 1 aliphatic rings. The summed E-state index contributed by atoms with van der Waals surface area (Å²) in [6, 6.07) is 31.0.